The summed E-state index contributed by atoms with van der Waals surface area (Å²) in [5.74, 6) is -3.17. The molecule has 0 aliphatic heterocycles. The molecular weight excluding hydrogens is 594 g/mol. The van der Waals surface area contributed by atoms with Gasteiger partial charge in [-0.3, -0.25) is 24.2 Å². The average Bonchev–Trinajstić information content (AvgIpc) is 3.48. The van der Waals surface area contributed by atoms with Gasteiger partial charge in [-0.2, -0.15) is 0 Å². The van der Waals surface area contributed by atoms with Crippen molar-refractivity contribution in [2.24, 2.45) is 45.5 Å². The second-order valence-corrected chi connectivity index (χ2v) is 12.6. The maximum Gasteiger partial charge on any atom is 0.224 e. The zero-order chi connectivity index (χ0) is 33.5. The van der Waals surface area contributed by atoms with Crippen LogP contribution < -0.4 is 34.0 Å². The number of primary amides is 1. The molecule has 45 heavy (non-hydrogen) atoms. The number of aryl methyl sites for hydroxylation is 2. The van der Waals surface area contributed by atoms with Gasteiger partial charge in [-0.05, 0) is 106 Å². The summed E-state index contributed by atoms with van der Waals surface area (Å²) in [5, 5.41) is 14.8. The Morgan fingerprint density at radius 1 is 0.933 bits per heavy atom. The summed E-state index contributed by atoms with van der Waals surface area (Å²) in [7, 11) is 0. The molecule has 1 heterocycles. The number of thiophene rings is 1. The maximum atomic E-state index is 13.9. The molecule has 0 saturated heterocycles. The molecule has 2 amide bonds. The quantitative estimate of drug-likeness (QED) is 0.0591. The number of phenolic OH excluding ortho intramolecular Hbond substituents is 1. The van der Waals surface area contributed by atoms with Crippen LogP contribution in [-0.4, -0.2) is 59.6 Å². The van der Waals surface area contributed by atoms with E-state index in [9.17, 15) is 24.3 Å². The highest BCUT2D eigenvalue weighted by Gasteiger charge is 2.31. The van der Waals surface area contributed by atoms with Crippen molar-refractivity contribution in [3.05, 3.63) is 51.2 Å². The van der Waals surface area contributed by atoms with E-state index in [4.69, 9.17) is 28.7 Å². The number of nitrogens with zero attached hydrogens (tertiary/aromatic N) is 1. The zero-order valence-corrected chi connectivity index (χ0v) is 27.1. The first-order chi connectivity index (χ1) is 21.3. The second-order valence-electron chi connectivity index (χ2n) is 11.6. The summed E-state index contributed by atoms with van der Waals surface area (Å²) in [6.45, 7) is 4.40. The van der Waals surface area contributed by atoms with Crippen LogP contribution in [0.3, 0.4) is 0 Å². The summed E-state index contributed by atoms with van der Waals surface area (Å²) in [6, 6.07) is 5.24. The predicted octanol–water partition coefficient (Wildman–Crippen LogP) is 1.49. The molecule has 2 aromatic rings. The standard InChI is InChI=1S/C32H49N7O5S/c1-19-13-23(40)14-20(2)25(19)16-22(18-28(41)26(34)8-5-11-38-32(36)37)31(44)39-27(9-3-4-10-33)29(42)17-21(30(35)43)15-24-7-6-12-45-24/h6-7,12-14,21-22,26-27,40H,3-5,8-11,15-18,33-34H2,1-2H3,(H2,35,43)(H,39,44)(H4,36,37,38)/t21-,22-,26-,27+/m1/s1. The Kier molecular flexibility index (Phi) is 15.7. The van der Waals surface area contributed by atoms with Gasteiger partial charge in [0.15, 0.2) is 11.7 Å². The summed E-state index contributed by atoms with van der Waals surface area (Å²) in [5.41, 5.74) is 30.6. The number of hydrogen-bond acceptors (Lipinski definition) is 9. The number of aromatic hydroxyl groups is 1. The minimum Gasteiger partial charge on any atom is -0.508 e. The molecule has 0 bridgehead atoms. The first-order valence-electron chi connectivity index (χ1n) is 15.3. The van der Waals surface area contributed by atoms with Crippen LogP contribution in [0.4, 0.5) is 0 Å². The van der Waals surface area contributed by atoms with Gasteiger partial charge < -0.3 is 39.1 Å². The molecule has 2 rings (SSSR count). The Labute approximate surface area is 269 Å². The lowest BCUT2D eigenvalue weighted by Crippen LogP contribution is -2.46. The summed E-state index contributed by atoms with van der Waals surface area (Å²) in [4.78, 5) is 57.8. The van der Waals surface area contributed by atoms with Crippen molar-refractivity contribution in [1.29, 1.82) is 0 Å². The van der Waals surface area contributed by atoms with E-state index in [0.717, 1.165) is 21.6 Å². The lowest BCUT2D eigenvalue weighted by Gasteiger charge is -2.25. The Hall–Kier alpha value is -3.81. The first kappa shape index (κ1) is 37.4. The van der Waals surface area contributed by atoms with Crippen molar-refractivity contribution in [3.8, 4) is 5.75 Å². The van der Waals surface area contributed by atoms with E-state index in [1.165, 1.54) is 11.3 Å². The van der Waals surface area contributed by atoms with Gasteiger partial charge in [0.05, 0.1) is 12.1 Å². The SMILES string of the molecule is Cc1cc(O)cc(C)c1C[C@H](CC(=O)[C@H](N)CCCN=C(N)N)C(=O)N[C@@H](CCCCN)C(=O)C[C@@H](Cc1cccs1)C(N)=O. The molecule has 0 aliphatic carbocycles. The van der Waals surface area contributed by atoms with Crippen molar-refractivity contribution in [2.45, 2.75) is 83.7 Å². The van der Waals surface area contributed by atoms with Crippen LogP contribution in [-0.2, 0) is 32.0 Å². The van der Waals surface area contributed by atoms with Crippen LogP contribution in [0.25, 0.3) is 0 Å². The number of carbonyl (C=O) groups excluding carboxylic acids is 4. The number of nitrogens with one attached hydrogen (secondary N) is 1. The van der Waals surface area contributed by atoms with Crippen LogP contribution >= 0.6 is 11.3 Å². The molecule has 0 radical (unpaired) electrons. The fourth-order valence-corrected chi connectivity index (χ4v) is 6.08. The normalized spacial score (nSPS) is 13.8. The molecule has 12 N–H and O–H groups in total. The van der Waals surface area contributed by atoms with Crippen molar-refractivity contribution < 1.29 is 24.3 Å². The third-order valence-corrected chi connectivity index (χ3v) is 8.76. The lowest BCUT2D eigenvalue weighted by molar-refractivity contribution is -0.133. The van der Waals surface area contributed by atoms with Gasteiger partial charge in [0.25, 0.3) is 0 Å². The van der Waals surface area contributed by atoms with Crippen LogP contribution in [0.5, 0.6) is 5.75 Å². The van der Waals surface area contributed by atoms with Crippen molar-refractivity contribution in [3.63, 3.8) is 0 Å². The van der Waals surface area contributed by atoms with Crippen LogP contribution in [0.1, 0.15) is 66.5 Å². The van der Waals surface area contributed by atoms with Gasteiger partial charge in [0, 0.05) is 36.1 Å². The number of hydrogen-bond donors (Lipinski definition) is 7. The lowest BCUT2D eigenvalue weighted by atomic mass is 9.86. The molecule has 0 saturated carbocycles. The topological polar surface area (TPSA) is 243 Å². The van der Waals surface area contributed by atoms with Gasteiger partial charge in [-0.15, -0.1) is 11.3 Å². The number of phenols is 1. The molecule has 4 atom stereocenters. The van der Waals surface area contributed by atoms with E-state index in [2.05, 4.69) is 10.3 Å². The molecule has 0 unspecified atom stereocenters. The minimum absolute atomic E-state index is 0.0458. The van der Waals surface area contributed by atoms with Crippen molar-refractivity contribution in [1.82, 2.24) is 5.32 Å². The van der Waals surface area contributed by atoms with Crippen LogP contribution in [0, 0.1) is 25.7 Å². The number of guanidine groups is 1. The van der Waals surface area contributed by atoms with Gasteiger partial charge in [0.1, 0.15) is 11.5 Å². The highest BCUT2D eigenvalue weighted by molar-refractivity contribution is 7.09. The van der Waals surface area contributed by atoms with Gasteiger partial charge in [-0.25, -0.2) is 0 Å². The zero-order valence-electron chi connectivity index (χ0n) is 26.3. The van der Waals surface area contributed by atoms with E-state index in [1.54, 1.807) is 12.1 Å². The van der Waals surface area contributed by atoms with E-state index in [-0.39, 0.29) is 42.5 Å². The van der Waals surface area contributed by atoms with E-state index >= 15 is 0 Å². The van der Waals surface area contributed by atoms with E-state index < -0.39 is 35.7 Å². The van der Waals surface area contributed by atoms with E-state index in [1.807, 2.05) is 31.4 Å². The molecule has 0 aliphatic rings. The maximum absolute atomic E-state index is 13.9. The van der Waals surface area contributed by atoms with Crippen LogP contribution in [0.15, 0.2) is 34.6 Å². The number of benzene rings is 1. The number of nitrogens with two attached hydrogens (primary N) is 5. The summed E-state index contributed by atoms with van der Waals surface area (Å²) >= 11 is 1.48. The van der Waals surface area contributed by atoms with Crippen LogP contribution in [0.2, 0.25) is 0 Å². The Bertz CT molecular complexity index is 1290. The fourth-order valence-electron chi connectivity index (χ4n) is 5.30. The smallest absolute Gasteiger partial charge is 0.224 e. The predicted molar refractivity (Wildman–Crippen MR) is 177 cm³/mol. The number of rotatable bonds is 21. The van der Waals surface area contributed by atoms with Crippen molar-refractivity contribution >= 4 is 40.7 Å². The molecule has 0 fully saturated rings. The number of unbranched alkanes of at least 4 members (excludes halogenated alkanes) is 1. The summed E-state index contributed by atoms with van der Waals surface area (Å²) in [6.07, 6.45) is 2.64. The van der Waals surface area contributed by atoms with Crippen molar-refractivity contribution in [2.75, 3.05) is 13.1 Å². The Morgan fingerprint density at radius 2 is 1.60 bits per heavy atom. The highest BCUT2D eigenvalue weighted by Crippen LogP contribution is 2.26. The van der Waals surface area contributed by atoms with Gasteiger partial charge >= 0.3 is 0 Å². The third kappa shape index (κ3) is 13.0. The third-order valence-electron chi connectivity index (χ3n) is 7.86. The van der Waals surface area contributed by atoms with Gasteiger partial charge in [-0.1, -0.05) is 6.07 Å². The highest BCUT2D eigenvalue weighted by atomic mass is 32.1. The van der Waals surface area contributed by atoms with E-state index in [0.29, 0.717) is 51.6 Å². The Balaban J connectivity index is 2.29. The number of carbonyl (C=O) groups is 4. The molecule has 1 aromatic heterocycles. The largest absolute Gasteiger partial charge is 0.508 e. The molecule has 1 aromatic carbocycles. The average molecular weight is 644 g/mol. The number of ketones is 2. The molecule has 0 spiro atoms. The summed E-state index contributed by atoms with van der Waals surface area (Å²) < 4.78 is 0. The van der Waals surface area contributed by atoms with Gasteiger partial charge in [0.2, 0.25) is 11.8 Å². The molecule has 13 heteroatoms. The minimum atomic E-state index is -0.887. The fraction of sp³-hybridized carbons (Fsp3) is 0.531. The molecule has 12 nitrogen and oxygen atoms in total. The number of aliphatic imine (C=N–C) groups is 1. The second kappa shape index (κ2) is 18.9. The molecule has 248 valence electrons. The number of Topliss-reactive ketones (excluding diaryl/α,β-unsaturated/α-hetero) is 2. The Morgan fingerprint density at radius 3 is 2.18 bits per heavy atom. The molecular formula is C32H49N7O5S. The number of amides is 2. The first-order valence-corrected chi connectivity index (χ1v) is 16.2. The monoisotopic (exact) mass is 643 g/mol.